The van der Waals surface area contributed by atoms with Crippen LogP contribution in [0.2, 0.25) is 0 Å². The average Bonchev–Trinajstić information content (AvgIpc) is 2.73. The van der Waals surface area contributed by atoms with Crippen LogP contribution < -0.4 is 10.2 Å². The molecular formula is C22H23N3O. The average molecular weight is 345 g/mol. The normalized spacial score (nSPS) is 15.1. The lowest BCUT2D eigenvalue weighted by atomic mass is 9.96. The number of hydrogen-bond acceptors (Lipinski definition) is 3. The van der Waals surface area contributed by atoms with Crippen molar-refractivity contribution in [1.29, 1.82) is 0 Å². The number of carbonyl (C=O) groups is 1. The monoisotopic (exact) mass is 345 g/mol. The molecule has 2 aromatic carbocycles. The van der Waals surface area contributed by atoms with Crippen LogP contribution in [0.15, 0.2) is 60.9 Å². The van der Waals surface area contributed by atoms with E-state index in [2.05, 4.69) is 40.6 Å². The second kappa shape index (κ2) is 7.26. The lowest BCUT2D eigenvalue weighted by Crippen LogP contribution is -2.39. The molecule has 1 aliphatic rings. The van der Waals surface area contributed by atoms with Crippen molar-refractivity contribution in [2.24, 2.45) is 5.92 Å². The van der Waals surface area contributed by atoms with Gasteiger partial charge in [0.1, 0.15) is 0 Å². The van der Waals surface area contributed by atoms with E-state index in [-0.39, 0.29) is 11.8 Å². The van der Waals surface area contributed by atoms with Crippen LogP contribution in [0.1, 0.15) is 12.8 Å². The predicted octanol–water partition coefficient (Wildman–Crippen LogP) is 3.86. The summed E-state index contributed by atoms with van der Waals surface area (Å²) < 4.78 is 0. The molecule has 1 N–H and O–H groups in total. The van der Waals surface area contributed by atoms with Gasteiger partial charge in [-0.1, -0.05) is 24.3 Å². The second-order valence-corrected chi connectivity index (χ2v) is 6.91. The first-order chi connectivity index (χ1) is 12.7. The Balaban J connectivity index is 1.54. The molecule has 1 amide bonds. The number of amides is 1. The van der Waals surface area contributed by atoms with E-state index >= 15 is 0 Å². The highest BCUT2D eigenvalue weighted by Gasteiger charge is 2.24. The number of anilines is 1. The van der Waals surface area contributed by atoms with Crippen LogP contribution in [-0.2, 0) is 4.79 Å². The molecule has 2 heterocycles. The van der Waals surface area contributed by atoms with Crippen molar-refractivity contribution in [3.63, 3.8) is 0 Å². The van der Waals surface area contributed by atoms with Crippen molar-refractivity contribution in [3.05, 3.63) is 60.9 Å². The molecule has 3 aromatic rings. The predicted molar refractivity (Wildman–Crippen MR) is 106 cm³/mol. The van der Waals surface area contributed by atoms with Crippen molar-refractivity contribution in [2.75, 3.05) is 25.0 Å². The van der Waals surface area contributed by atoms with Crippen molar-refractivity contribution >= 4 is 22.4 Å². The summed E-state index contributed by atoms with van der Waals surface area (Å²) in [5.74, 6) is 0.354. The number of aromatic nitrogens is 1. The summed E-state index contributed by atoms with van der Waals surface area (Å²) in [7, 11) is 1.88. The summed E-state index contributed by atoms with van der Waals surface area (Å²) in [6.45, 7) is 1.86. The van der Waals surface area contributed by atoms with Gasteiger partial charge in [0.25, 0.3) is 0 Å². The van der Waals surface area contributed by atoms with E-state index in [1.165, 1.54) is 10.9 Å². The summed E-state index contributed by atoms with van der Waals surface area (Å²) >= 11 is 0. The van der Waals surface area contributed by atoms with Crippen molar-refractivity contribution in [1.82, 2.24) is 10.3 Å². The largest absolute Gasteiger partial charge is 0.317 e. The maximum absolute atomic E-state index is 12.7. The van der Waals surface area contributed by atoms with E-state index in [0.29, 0.717) is 0 Å². The molecule has 1 aliphatic heterocycles. The van der Waals surface area contributed by atoms with Gasteiger partial charge in [-0.2, -0.15) is 0 Å². The fourth-order valence-electron chi connectivity index (χ4n) is 3.61. The van der Waals surface area contributed by atoms with Crippen LogP contribution in [0.25, 0.3) is 21.9 Å². The topological polar surface area (TPSA) is 45.2 Å². The van der Waals surface area contributed by atoms with E-state index in [9.17, 15) is 4.79 Å². The Kier molecular flexibility index (Phi) is 4.67. The fraction of sp³-hybridized carbons (Fsp3) is 0.273. The van der Waals surface area contributed by atoms with Crippen LogP contribution in [0.5, 0.6) is 0 Å². The second-order valence-electron chi connectivity index (χ2n) is 6.91. The number of nitrogens with one attached hydrogen (secondary N) is 1. The minimum absolute atomic E-state index is 0.134. The van der Waals surface area contributed by atoms with E-state index in [1.54, 1.807) is 4.90 Å². The SMILES string of the molecule is CN(C(=O)C1CCNCC1)c1ccc(-c2ccc3cnccc3c2)cc1. The smallest absolute Gasteiger partial charge is 0.229 e. The third-order valence-corrected chi connectivity index (χ3v) is 5.25. The van der Waals surface area contributed by atoms with Crippen molar-refractivity contribution < 1.29 is 4.79 Å². The fourth-order valence-corrected chi connectivity index (χ4v) is 3.61. The Morgan fingerprint density at radius 2 is 1.73 bits per heavy atom. The Bertz CT molecular complexity index is 914. The minimum atomic E-state index is 0.134. The zero-order valence-corrected chi connectivity index (χ0v) is 15.0. The molecule has 0 spiro atoms. The Morgan fingerprint density at radius 3 is 2.50 bits per heavy atom. The van der Waals surface area contributed by atoms with E-state index in [4.69, 9.17) is 0 Å². The zero-order chi connectivity index (χ0) is 17.9. The van der Waals surface area contributed by atoms with Crippen LogP contribution in [-0.4, -0.2) is 31.0 Å². The maximum atomic E-state index is 12.7. The molecule has 4 nitrogen and oxygen atoms in total. The van der Waals surface area contributed by atoms with Gasteiger partial charge in [0.2, 0.25) is 5.91 Å². The third kappa shape index (κ3) is 3.33. The van der Waals surface area contributed by atoms with Gasteiger partial charge in [0.05, 0.1) is 0 Å². The quantitative estimate of drug-likeness (QED) is 0.784. The summed E-state index contributed by atoms with van der Waals surface area (Å²) in [5.41, 5.74) is 3.26. The van der Waals surface area contributed by atoms with Gasteiger partial charge in [-0.15, -0.1) is 0 Å². The van der Waals surface area contributed by atoms with Crippen LogP contribution >= 0.6 is 0 Å². The molecule has 132 valence electrons. The molecule has 1 fully saturated rings. The van der Waals surface area contributed by atoms with E-state index in [1.807, 2.05) is 37.6 Å². The van der Waals surface area contributed by atoms with E-state index < -0.39 is 0 Å². The zero-order valence-electron chi connectivity index (χ0n) is 15.0. The van der Waals surface area contributed by atoms with Gasteiger partial charge in [-0.05, 0) is 66.7 Å². The number of pyridine rings is 1. The van der Waals surface area contributed by atoms with Crippen molar-refractivity contribution in [2.45, 2.75) is 12.8 Å². The van der Waals surface area contributed by atoms with Crippen LogP contribution in [0.3, 0.4) is 0 Å². The Labute approximate surface area is 153 Å². The summed E-state index contributed by atoms with van der Waals surface area (Å²) in [6.07, 6.45) is 5.54. The number of piperidine rings is 1. The molecule has 4 rings (SSSR count). The summed E-state index contributed by atoms with van der Waals surface area (Å²) in [5, 5.41) is 5.63. The van der Waals surface area contributed by atoms with Crippen molar-refractivity contribution in [3.8, 4) is 11.1 Å². The van der Waals surface area contributed by atoms with E-state index in [0.717, 1.165) is 42.6 Å². The van der Waals surface area contributed by atoms with Gasteiger partial charge in [-0.3, -0.25) is 9.78 Å². The number of carbonyl (C=O) groups excluding carboxylic acids is 1. The van der Waals surface area contributed by atoms with Gasteiger partial charge >= 0.3 is 0 Å². The highest BCUT2D eigenvalue weighted by atomic mass is 16.2. The first kappa shape index (κ1) is 16.7. The molecule has 0 radical (unpaired) electrons. The minimum Gasteiger partial charge on any atom is -0.317 e. The lowest BCUT2D eigenvalue weighted by Gasteiger charge is -2.27. The molecule has 26 heavy (non-hydrogen) atoms. The number of rotatable bonds is 3. The molecule has 0 unspecified atom stereocenters. The first-order valence-electron chi connectivity index (χ1n) is 9.15. The van der Waals surface area contributed by atoms with Crippen LogP contribution in [0, 0.1) is 5.92 Å². The number of fused-ring (bicyclic) bond motifs is 1. The van der Waals surface area contributed by atoms with Crippen LogP contribution in [0.4, 0.5) is 5.69 Å². The molecular weight excluding hydrogens is 322 g/mol. The highest BCUT2D eigenvalue weighted by Crippen LogP contribution is 2.27. The molecule has 0 saturated carbocycles. The standard InChI is InChI=1S/C22H23N3O/c1-25(22(26)17-8-11-23-12-9-17)21-6-4-16(5-7-21)18-2-3-20-15-24-13-10-19(20)14-18/h2-7,10,13-15,17,23H,8-9,11-12H2,1H3. The molecule has 1 aromatic heterocycles. The summed E-state index contributed by atoms with van der Waals surface area (Å²) in [4.78, 5) is 18.6. The molecule has 0 atom stereocenters. The summed E-state index contributed by atoms with van der Waals surface area (Å²) in [6, 6.07) is 16.7. The third-order valence-electron chi connectivity index (χ3n) is 5.25. The number of hydrogen-bond donors (Lipinski definition) is 1. The number of nitrogens with zero attached hydrogens (tertiary/aromatic N) is 2. The first-order valence-corrected chi connectivity index (χ1v) is 9.15. The molecule has 1 saturated heterocycles. The van der Waals surface area contributed by atoms with Gasteiger partial charge in [0, 0.05) is 36.4 Å². The molecule has 0 aliphatic carbocycles. The van der Waals surface area contributed by atoms with Gasteiger partial charge in [0.15, 0.2) is 0 Å². The Hall–Kier alpha value is -2.72. The molecule has 4 heteroatoms. The molecule has 0 bridgehead atoms. The Morgan fingerprint density at radius 1 is 1.00 bits per heavy atom. The highest BCUT2D eigenvalue weighted by molar-refractivity contribution is 5.95. The number of benzene rings is 2. The van der Waals surface area contributed by atoms with Gasteiger partial charge in [-0.25, -0.2) is 0 Å². The van der Waals surface area contributed by atoms with Gasteiger partial charge < -0.3 is 10.2 Å². The maximum Gasteiger partial charge on any atom is 0.229 e. The lowest BCUT2D eigenvalue weighted by molar-refractivity contribution is -0.122.